The summed E-state index contributed by atoms with van der Waals surface area (Å²) >= 11 is 6.64. The van der Waals surface area contributed by atoms with Crippen LogP contribution in [-0.2, 0) is 11.3 Å². The Morgan fingerprint density at radius 2 is 1.90 bits per heavy atom. The second-order valence-corrected chi connectivity index (χ2v) is 7.76. The molecule has 8 heteroatoms. The summed E-state index contributed by atoms with van der Waals surface area (Å²) in [6.07, 6.45) is 6.84. The zero-order valence-corrected chi connectivity index (χ0v) is 18.5. The highest BCUT2D eigenvalue weighted by Gasteiger charge is 2.25. The third-order valence-electron chi connectivity index (χ3n) is 5.30. The fourth-order valence-corrected chi connectivity index (χ4v) is 4.16. The predicted octanol–water partition coefficient (Wildman–Crippen LogP) is 5.00. The molecule has 0 N–H and O–H groups in total. The first-order chi connectivity index (χ1) is 14.2. The number of hydrogen-bond acceptors (Lipinski definition) is 5. The van der Waals surface area contributed by atoms with Gasteiger partial charge in [-0.05, 0) is 31.7 Å². The van der Waals surface area contributed by atoms with Crippen LogP contribution in [-0.4, -0.2) is 40.4 Å². The van der Waals surface area contributed by atoms with Crippen LogP contribution in [0.4, 0.5) is 5.69 Å². The van der Waals surface area contributed by atoms with Gasteiger partial charge in [-0.1, -0.05) is 30.3 Å². The molecule has 4 rings (SSSR count). The minimum atomic E-state index is -0.338. The summed E-state index contributed by atoms with van der Waals surface area (Å²) < 4.78 is 7.11. The van der Waals surface area contributed by atoms with Crippen LogP contribution in [0.5, 0.6) is 0 Å². The van der Waals surface area contributed by atoms with E-state index in [1.165, 1.54) is 6.42 Å². The van der Waals surface area contributed by atoms with Gasteiger partial charge in [0.05, 0.1) is 35.8 Å². The van der Waals surface area contributed by atoms with Crippen LogP contribution in [0.2, 0.25) is 0 Å². The molecule has 0 bridgehead atoms. The van der Waals surface area contributed by atoms with Crippen molar-refractivity contribution in [2.24, 2.45) is 0 Å². The fraction of sp³-hybridized carbons (Fsp3) is 0.409. The average molecular weight is 449 g/mol. The third kappa shape index (κ3) is 4.55. The average Bonchev–Trinajstić information content (AvgIpc) is 3.17. The van der Waals surface area contributed by atoms with E-state index in [0.717, 1.165) is 48.2 Å². The number of benzene rings is 1. The number of carbonyl (C=O) groups is 1. The molecule has 1 atom stereocenters. The molecule has 3 aromatic rings. The van der Waals surface area contributed by atoms with Crippen molar-refractivity contribution in [3.05, 3.63) is 53.9 Å². The maximum absolute atomic E-state index is 12.6. The molecule has 0 spiro atoms. The highest BCUT2D eigenvalue weighted by atomic mass is 35.5. The van der Waals surface area contributed by atoms with E-state index in [1.54, 1.807) is 12.4 Å². The molecule has 1 fully saturated rings. The molecule has 1 unspecified atom stereocenters. The lowest BCUT2D eigenvalue weighted by Crippen LogP contribution is -2.31. The third-order valence-corrected chi connectivity index (χ3v) is 5.69. The maximum atomic E-state index is 12.6. The van der Waals surface area contributed by atoms with Crippen molar-refractivity contribution in [2.75, 3.05) is 24.6 Å². The highest BCUT2D eigenvalue weighted by molar-refractivity contribution is 6.20. The van der Waals surface area contributed by atoms with Crippen LogP contribution in [0.1, 0.15) is 47.5 Å². The Balaban J connectivity index is 0.00000256. The molecule has 1 saturated heterocycles. The van der Waals surface area contributed by atoms with Crippen molar-refractivity contribution in [1.29, 1.82) is 0 Å². The lowest BCUT2D eigenvalue weighted by atomic mass is 10.1. The molecule has 160 valence electrons. The summed E-state index contributed by atoms with van der Waals surface area (Å²) in [5.41, 5.74) is 3.16. The second kappa shape index (κ2) is 10.1. The van der Waals surface area contributed by atoms with E-state index < -0.39 is 0 Å². The van der Waals surface area contributed by atoms with Gasteiger partial charge in [-0.25, -0.2) is 14.5 Å². The molecular weight excluding hydrogens is 423 g/mol. The van der Waals surface area contributed by atoms with Crippen molar-refractivity contribution in [3.63, 3.8) is 0 Å². The van der Waals surface area contributed by atoms with Gasteiger partial charge < -0.3 is 9.64 Å². The Bertz CT molecular complexity index is 987. The highest BCUT2D eigenvalue weighted by Crippen LogP contribution is 2.33. The van der Waals surface area contributed by atoms with E-state index in [1.807, 2.05) is 41.9 Å². The van der Waals surface area contributed by atoms with Crippen LogP contribution >= 0.6 is 24.0 Å². The van der Waals surface area contributed by atoms with Crippen molar-refractivity contribution < 1.29 is 9.53 Å². The Morgan fingerprint density at radius 3 is 2.60 bits per heavy atom. The van der Waals surface area contributed by atoms with Gasteiger partial charge in [0, 0.05) is 19.3 Å². The number of rotatable bonds is 6. The molecule has 1 aromatic carbocycles. The van der Waals surface area contributed by atoms with Gasteiger partial charge in [0.15, 0.2) is 5.65 Å². The number of esters is 1. The van der Waals surface area contributed by atoms with Crippen molar-refractivity contribution in [2.45, 2.75) is 38.1 Å². The van der Waals surface area contributed by atoms with E-state index in [4.69, 9.17) is 16.3 Å². The number of piperidine rings is 1. The predicted molar refractivity (Wildman–Crippen MR) is 122 cm³/mol. The number of alkyl halides is 1. The quantitative estimate of drug-likeness (QED) is 0.392. The molecule has 1 aliphatic heterocycles. The molecule has 1 aliphatic rings. The summed E-state index contributed by atoms with van der Waals surface area (Å²) in [5, 5.41) is 5.21. The molecular formula is C22H26Cl2N4O2. The number of carbonyl (C=O) groups excluding carboxylic acids is 1. The van der Waals surface area contributed by atoms with Gasteiger partial charge in [-0.3, -0.25) is 0 Å². The number of anilines is 1. The summed E-state index contributed by atoms with van der Waals surface area (Å²) in [7, 11) is 0. The number of aromatic nitrogens is 3. The zero-order valence-electron chi connectivity index (χ0n) is 17.0. The van der Waals surface area contributed by atoms with Crippen molar-refractivity contribution >= 4 is 46.7 Å². The molecule has 2 aromatic heterocycles. The first-order valence-corrected chi connectivity index (χ1v) is 10.6. The van der Waals surface area contributed by atoms with Gasteiger partial charge >= 0.3 is 5.97 Å². The number of fused-ring (bicyclic) bond motifs is 1. The van der Waals surface area contributed by atoms with E-state index in [9.17, 15) is 4.79 Å². The van der Waals surface area contributed by atoms with Gasteiger partial charge in [0.1, 0.15) is 5.56 Å². The zero-order chi connectivity index (χ0) is 20.2. The van der Waals surface area contributed by atoms with Gasteiger partial charge in [0.25, 0.3) is 0 Å². The number of pyridine rings is 1. The van der Waals surface area contributed by atoms with E-state index in [2.05, 4.69) is 15.0 Å². The largest absolute Gasteiger partial charge is 0.462 e. The number of nitrogens with zero attached hydrogens (tertiary/aromatic N) is 4. The Labute approximate surface area is 187 Å². The SMILES string of the molecule is CCOC(=O)c1cnc2c(cnn2CC(Cl)c2ccccc2)c1N1CCCCC1.Cl. The van der Waals surface area contributed by atoms with E-state index in [0.29, 0.717) is 18.7 Å². The first-order valence-electron chi connectivity index (χ1n) is 10.1. The topological polar surface area (TPSA) is 60.2 Å². The van der Waals surface area contributed by atoms with E-state index in [-0.39, 0.29) is 23.8 Å². The molecule has 6 nitrogen and oxygen atoms in total. The maximum Gasteiger partial charge on any atom is 0.341 e. The summed E-state index contributed by atoms with van der Waals surface area (Å²) in [6, 6.07) is 9.94. The Morgan fingerprint density at radius 1 is 1.17 bits per heavy atom. The Kier molecular flexibility index (Phi) is 7.56. The minimum Gasteiger partial charge on any atom is -0.462 e. The fourth-order valence-electron chi connectivity index (χ4n) is 3.88. The van der Waals surface area contributed by atoms with Crippen LogP contribution in [0.15, 0.2) is 42.7 Å². The van der Waals surface area contributed by atoms with Crippen LogP contribution in [0, 0.1) is 0 Å². The molecule has 0 amide bonds. The smallest absolute Gasteiger partial charge is 0.341 e. The van der Waals surface area contributed by atoms with Crippen molar-refractivity contribution in [3.8, 4) is 0 Å². The molecule has 0 radical (unpaired) electrons. The molecule has 3 heterocycles. The van der Waals surface area contributed by atoms with Gasteiger partial charge in [0.2, 0.25) is 0 Å². The Hall–Kier alpha value is -2.31. The standard InChI is InChI=1S/C22H25ClN4O2.ClH/c1-2-29-22(28)18-13-24-21-17(20(18)26-11-7-4-8-12-26)14-25-27(21)15-19(23)16-9-5-3-6-10-16;/h3,5-6,9-10,13-14,19H,2,4,7-8,11-12,15H2,1H3;1H. The lowest BCUT2D eigenvalue weighted by molar-refractivity contribution is 0.0526. The number of halogens is 2. The molecule has 0 aliphatic carbocycles. The minimum absolute atomic E-state index is 0. The first kappa shape index (κ1) is 22.4. The number of ether oxygens (including phenoxy) is 1. The lowest BCUT2D eigenvalue weighted by Gasteiger charge is -2.30. The summed E-state index contributed by atoms with van der Waals surface area (Å²) in [6.45, 7) is 4.48. The van der Waals surface area contributed by atoms with Crippen molar-refractivity contribution in [1.82, 2.24) is 14.8 Å². The summed E-state index contributed by atoms with van der Waals surface area (Å²) in [5.74, 6) is -0.338. The molecule has 30 heavy (non-hydrogen) atoms. The van der Waals surface area contributed by atoms with E-state index >= 15 is 0 Å². The van der Waals surface area contributed by atoms with Crippen LogP contribution < -0.4 is 4.90 Å². The number of hydrogen-bond donors (Lipinski definition) is 0. The molecule has 0 saturated carbocycles. The summed E-state index contributed by atoms with van der Waals surface area (Å²) in [4.78, 5) is 19.4. The van der Waals surface area contributed by atoms with Crippen LogP contribution in [0.25, 0.3) is 11.0 Å². The van der Waals surface area contributed by atoms with Gasteiger partial charge in [-0.15, -0.1) is 24.0 Å². The second-order valence-electron chi connectivity index (χ2n) is 7.23. The normalized spacial score (nSPS) is 14.9. The van der Waals surface area contributed by atoms with Crippen LogP contribution in [0.3, 0.4) is 0 Å². The van der Waals surface area contributed by atoms with Gasteiger partial charge in [-0.2, -0.15) is 5.10 Å². The monoisotopic (exact) mass is 448 g/mol.